The van der Waals surface area contributed by atoms with Gasteiger partial charge < -0.3 is 14.2 Å². The zero-order valence-corrected chi connectivity index (χ0v) is 17.2. The first-order valence-corrected chi connectivity index (χ1v) is 9.63. The van der Waals surface area contributed by atoms with Gasteiger partial charge in [-0.1, -0.05) is 41.9 Å². The Hall–Kier alpha value is -1.59. The fourth-order valence-corrected chi connectivity index (χ4v) is 4.30. The molecule has 0 saturated carbocycles. The Labute approximate surface area is 167 Å². The molecule has 0 spiro atoms. The van der Waals surface area contributed by atoms with Crippen molar-refractivity contribution < 1.29 is 14.2 Å². The van der Waals surface area contributed by atoms with Crippen LogP contribution in [0.4, 0.5) is 0 Å². The van der Waals surface area contributed by atoms with Crippen molar-refractivity contribution in [2.24, 2.45) is 0 Å². The molecule has 0 unspecified atom stereocenters. The van der Waals surface area contributed by atoms with Gasteiger partial charge in [0.2, 0.25) is 0 Å². The van der Waals surface area contributed by atoms with Gasteiger partial charge in [-0.15, -0.1) is 0 Å². The van der Waals surface area contributed by atoms with E-state index in [4.69, 9.17) is 25.8 Å². The Morgan fingerprint density at radius 3 is 2.56 bits per heavy atom. The molecule has 0 aliphatic heterocycles. The van der Waals surface area contributed by atoms with Gasteiger partial charge in [0.25, 0.3) is 0 Å². The summed E-state index contributed by atoms with van der Waals surface area (Å²) in [4.78, 5) is 2.35. The van der Waals surface area contributed by atoms with E-state index in [9.17, 15) is 0 Å². The minimum atomic E-state index is -0.243. The maximum absolute atomic E-state index is 6.27. The van der Waals surface area contributed by atoms with Crippen molar-refractivity contribution in [1.29, 1.82) is 0 Å². The molecule has 0 bridgehead atoms. The number of benzene rings is 2. The van der Waals surface area contributed by atoms with E-state index in [2.05, 4.69) is 48.3 Å². The van der Waals surface area contributed by atoms with Gasteiger partial charge in [0.15, 0.2) is 6.29 Å². The van der Waals surface area contributed by atoms with Gasteiger partial charge in [0, 0.05) is 32.7 Å². The molecule has 0 heterocycles. The van der Waals surface area contributed by atoms with Crippen LogP contribution in [0.1, 0.15) is 29.0 Å². The van der Waals surface area contributed by atoms with Crippen LogP contribution < -0.4 is 4.74 Å². The van der Waals surface area contributed by atoms with Crippen LogP contribution in [0.25, 0.3) is 0 Å². The molecule has 2 aromatic rings. The van der Waals surface area contributed by atoms with Crippen LogP contribution in [0.2, 0.25) is 5.02 Å². The predicted molar refractivity (Wildman–Crippen MR) is 109 cm³/mol. The molecule has 0 radical (unpaired) electrons. The molecule has 0 N–H and O–H groups in total. The molecule has 1 aliphatic rings. The second-order valence-corrected chi connectivity index (χ2v) is 7.42. The minimum absolute atomic E-state index is 0.237. The summed E-state index contributed by atoms with van der Waals surface area (Å²) in [6.07, 6.45) is 1.90. The van der Waals surface area contributed by atoms with E-state index in [-0.39, 0.29) is 12.2 Å². The number of fused-ring (bicyclic) bond motifs is 1. The molecule has 27 heavy (non-hydrogen) atoms. The van der Waals surface area contributed by atoms with Crippen LogP contribution in [-0.4, -0.2) is 52.2 Å². The maximum atomic E-state index is 6.27. The fourth-order valence-electron chi connectivity index (χ4n) is 4.10. The first-order chi connectivity index (χ1) is 13.1. The lowest BCUT2D eigenvalue weighted by Crippen LogP contribution is -2.44. The summed E-state index contributed by atoms with van der Waals surface area (Å²) in [6, 6.07) is 15.2. The lowest BCUT2D eigenvalue weighted by molar-refractivity contribution is -0.118. The van der Waals surface area contributed by atoms with Crippen LogP contribution in [-0.2, 0) is 15.9 Å². The Kier molecular flexibility index (Phi) is 6.77. The van der Waals surface area contributed by atoms with Crippen molar-refractivity contribution in [3.8, 4) is 5.75 Å². The molecular weight excluding hydrogens is 362 g/mol. The van der Waals surface area contributed by atoms with Crippen LogP contribution in [0.15, 0.2) is 42.5 Å². The van der Waals surface area contributed by atoms with E-state index >= 15 is 0 Å². The topological polar surface area (TPSA) is 30.9 Å². The van der Waals surface area contributed by atoms with Crippen LogP contribution in [0, 0.1) is 0 Å². The first kappa shape index (κ1) is 20.2. The smallest absolute Gasteiger partial charge is 0.169 e. The van der Waals surface area contributed by atoms with Crippen LogP contribution >= 0.6 is 11.6 Å². The van der Waals surface area contributed by atoms with Crippen molar-refractivity contribution >= 4 is 11.6 Å². The van der Waals surface area contributed by atoms with Gasteiger partial charge in [-0.3, -0.25) is 4.90 Å². The summed E-state index contributed by atoms with van der Waals surface area (Å²) >= 11 is 6.27. The Morgan fingerprint density at radius 2 is 1.85 bits per heavy atom. The lowest BCUT2D eigenvalue weighted by atomic mass is 9.75. The summed E-state index contributed by atoms with van der Waals surface area (Å²) < 4.78 is 16.3. The molecule has 146 valence electrons. The van der Waals surface area contributed by atoms with Gasteiger partial charge >= 0.3 is 0 Å². The first-order valence-electron chi connectivity index (χ1n) is 9.26. The molecule has 0 aromatic heterocycles. The zero-order valence-electron chi connectivity index (χ0n) is 16.4. The molecule has 0 saturated heterocycles. The number of ether oxygens (including phenoxy) is 3. The van der Waals surface area contributed by atoms with Crippen LogP contribution in [0.5, 0.6) is 5.75 Å². The van der Waals surface area contributed by atoms with E-state index in [1.54, 1.807) is 21.3 Å². The average molecular weight is 390 g/mol. The normalized spacial score (nSPS) is 19.4. The van der Waals surface area contributed by atoms with Crippen molar-refractivity contribution in [2.45, 2.75) is 31.1 Å². The molecular formula is C22H28ClNO3. The quantitative estimate of drug-likeness (QED) is 0.659. The van der Waals surface area contributed by atoms with Crippen molar-refractivity contribution in [3.63, 3.8) is 0 Å². The Bertz CT molecular complexity index is 763. The van der Waals surface area contributed by atoms with E-state index < -0.39 is 0 Å². The number of hydrogen-bond donors (Lipinski definition) is 0. The largest absolute Gasteiger partial charge is 0.495 e. The van der Waals surface area contributed by atoms with E-state index in [1.165, 1.54) is 16.7 Å². The molecule has 0 fully saturated rings. The summed E-state index contributed by atoms with van der Waals surface area (Å²) in [6.45, 7) is 0.709. The van der Waals surface area contributed by atoms with Crippen LogP contribution in [0.3, 0.4) is 0 Å². The summed E-state index contributed by atoms with van der Waals surface area (Å²) in [7, 11) is 7.16. The van der Waals surface area contributed by atoms with Gasteiger partial charge in [0.1, 0.15) is 5.75 Å². The van der Waals surface area contributed by atoms with Gasteiger partial charge in [-0.25, -0.2) is 0 Å². The molecule has 2 atom stereocenters. The number of rotatable bonds is 7. The van der Waals surface area contributed by atoms with Gasteiger partial charge in [-0.05, 0) is 48.7 Å². The van der Waals surface area contributed by atoms with Crippen molar-refractivity contribution in [2.75, 3.05) is 34.9 Å². The monoisotopic (exact) mass is 389 g/mol. The molecule has 3 rings (SSSR count). The third-order valence-electron chi connectivity index (χ3n) is 5.55. The number of methoxy groups -OCH3 is 3. The summed E-state index contributed by atoms with van der Waals surface area (Å²) in [5.74, 6) is 0.950. The fraction of sp³-hybridized carbons (Fsp3) is 0.455. The number of hydrogen-bond acceptors (Lipinski definition) is 4. The minimum Gasteiger partial charge on any atom is -0.495 e. The van der Waals surface area contributed by atoms with Gasteiger partial charge in [-0.2, -0.15) is 0 Å². The molecule has 5 heteroatoms. The highest BCUT2D eigenvalue weighted by molar-refractivity contribution is 6.32. The number of aryl methyl sites for hydroxylation is 1. The van der Waals surface area contributed by atoms with E-state index in [0.717, 1.165) is 12.8 Å². The summed E-state index contributed by atoms with van der Waals surface area (Å²) in [5.41, 5.74) is 4.00. The zero-order chi connectivity index (χ0) is 19.4. The number of likely N-dealkylation sites (N-methyl/N-ethyl adjacent to an activating group) is 1. The number of nitrogens with zero attached hydrogens (tertiary/aromatic N) is 1. The third-order valence-corrected chi connectivity index (χ3v) is 5.86. The van der Waals surface area contributed by atoms with Crippen molar-refractivity contribution in [3.05, 3.63) is 64.2 Å². The third kappa shape index (κ3) is 4.30. The summed E-state index contributed by atoms with van der Waals surface area (Å²) in [5, 5.41) is 0.633. The molecule has 4 nitrogen and oxygen atoms in total. The second-order valence-electron chi connectivity index (χ2n) is 7.02. The molecule has 2 aromatic carbocycles. The number of halogens is 1. The maximum Gasteiger partial charge on any atom is 0.169 e. The highest BCUT2D eigenvalue weighted by atomic mass is 35.5. The average Bonchev–Trinajstić information content (AvgIpc) is 2.71. The Balaban J connectivity index is 2.00. The molecule has 0 amide bonds. The standard InChI is InChI=1S/C22H28ClNO3/c1-24(14-21(26-3)27-4)19-12-10-15-7-5-6-8-17(15)22(19)16-9-11-18(23)20(13-16)25-2/h5-9,11,13,19,21-22H,10,12,14H2,1-4H3/t19-,22-/m0/s1. The molecule has 1 aliphatic carbocycles. The van der Waals surface area contributed by atoms with Gasteiger partial charge in [0.05, 0.1) is 12.1 Å². The highest BCUT2D eigenvalue weighted by Crippen LogP contribution is 2.41. The SMILES string of the molecule is COc1cc([C@H]2c3ccccc3CC[C@@H]2N(C)CC(OC)OC)ccc1Cl. The lowest BCUT2D eigenvalue weighted by Gasteiger charge is -2.40. The van der Waals surface area contributed by atoms with E-state index in [1.807, 2.05) is 6.07 Å². The predicted octanol–water partition coefficient (Wildman–Crippen LogP) is 4.35. The highest BCUT2D eigenvalue weighted by Gasteiger charge is 2.34. The van der Waals surface area contributed by atoms with Crippen molar-refractivity contribution in [1.82, 2.24) is 4.90 Å². The Morgan fingerprint density at radius 1 is 1.11 bits per heavy atom. The van der Waals surface area contributed by atoms with E-state index in [0.29, 0.717) is 23.4 Å². The second kappa shape index (κ2) is 9.07.